The number of pyridine rings is 1. The van der Waals surface area contributed by atoms with E-state index < -0.39 is 0 Å². The van der Waals surface area contributed by atoms with E-state index in [1.54, 1.807) is 42.3 Å². The Morgan fingerprint density at radius 1 is 1.39 bits per heavy atom. The van der Waals surface area contributed by atoms with E-state index in [0.717, 1.165) is 15.5 Å². The predicted molar refractivity (Wildman–Crippen MR) is 112 cm³/mol. The summed E-state index contributed by atoms with van der Waals surface area (Å²) in [5.41, 5.74) is 2.28. The fraction of sp³-hybridized carbons (Fsp3) is 0.286. The molecule has 0 N–H and O–H groups in total. The van der Waals surface area contributed by atoms with E-state index in [1.807, 2.05) is 18.5 Å². The van der Waals surface area contributed by atoms with Crippen molar-refractivity contribution in [2.75, 3.05) is 6.54 Å². The van der Waals surface area contributed by atoms with Crippen LogP contribution in [0.25, 0.3) is 11.0 Å². The van der Waals surface area contributed by atoms with Gasteiger partial charge in [0.15, 0.2) is 5.65 Å². The maximum Gasteiger partial charge on any atom is 0.256 e. The Balaban J connectivity index is 1.98. The molecule has 2 heterocycles. The van der Waals surface area contributed by atoms with Crippen LogP contribution in [0.2, 0.25) is 0 Å². The first-order valence-corrected chi connectivity index (χ1v) is 9.80. The van der Waals surface area contributed by atoms with E-state index in [4.69, 9.17) is 0 Å². The highest BCUT2D eigenvalue weighted by molar-refractivity contribution is 9.10. The summed E-state index contributed by atoms with van der Waals surface area (Å²) in [6.07, 6.45) is 3.34. The average molecular weight is 445 g/mol. The first-order valence-electron chi connectivity index (χ1n) is 9.00. The number of halogens is 2. The van der Waals surface area contributed by atoms with Crippen molar-refractivity contribution < 1.29 is 9.18 Å². The van der Waals surface area contributed by atoms with Crippen LogP contribution in [0.3, 0.4) is 0 Å². The molecular formula is C21H22BrFN4O. The number of benzene rings is 1. The second kappa shape index (κ2) is 8.22. The quantitative estimate of drug-likeness (QED) is 0.499. The smallest absolute Gasteiger partial charge is 0.256 e. The topological polar surface area (TPSA) is 51.0 Å². The van der Waals surface area contributed by atoms with Crippen molar-refractivity contribution in [1.82, 2.24) is 19.7 Å². The van der Waals surface area contributed by atoms with Gasteiger partial charge in [0.25, 0.3) is 5.91 Å². The number of nitrogens with zero attached hydrogens (tertiary/aromatic N) is 4. The van der Waals surface area contributed by atoms with Crippen LogP contribution >= 0.6 is 15.9 Å². The van der Waals surface area contributed by atoms with Gasteiger partial charge >= 0.3 is 0 Å². The van der Waals surface area contributed by atoms with Gasteiger partial charge in [-0.05, 0) is 45.0 Å². The normalized spacial score (nSPS) is 11.2. The number of aryl methyl sites for hydroxylation is 1. The Morgan fingerprint density at radius 2 is 2.14 bits per heavy atom. The summed E-state index contributed by atoms with van der Waals surface area (Å²) >= 11 is 3.35. The first kappa shape index (κ1) is 20.2. The lowest BCUT2D eigenvalue weighted by atomic mass is 10.1. The minimum atomic E-state index is -0.353. The van der Waals surface area contributed by atoms with Crippen LogP contribution in [0.4, 0.5) is 4.39 Å². The lowest BCUT2D eigenvalue weighted by Crippen LogP contribution is -2.31. The summed E-state index contributed by atoms with van der Waals surface area (Å²) in [7, 11) is 0. The number of amides is 1. The van der Waals surface area contributed by atoms with Gasteiger partial charge in [0.2, 0.25) is 0 Å². The van der Waals surface area contributed by atoms with Gasteiger partial charge < -0.3 is 4.90 Å². The molecule has 1 aromatic carbocycles. The summed E-state index contributed by atoms with van der Waals surface area (Å²) < 4.78 is 16.8. The predicted octanol–water partition coefficient (Wildman–Crippen LogP) is 5.05. The zero-order chi connectivity index (χ0) is 20.4. The maximum atomic E-state index is 14.2. The van der Waals surface area contributed by atoms with Crippen molar-refractivity contribution in [3.05, 3.63) is 70.2 Å². The SMILES string of the molecule is C=CCN(Cc1cc(Br)ccc1F)C(=O)c1cc2cnn(C(C)C)c2nc1C. The standard InChI is InChI=1S/C21H22BrFN4O/c1-5-8-26(12-16-9-17(22)6-7-19(16)23)21(28)18-10-15-11-24-27(13(2)3)20(15)25-14(18)4/h5-7,9-11,13H,1,8,12H2,2-4H3. The second-order valence-electron chi connectivity index (χ2n) is 6.93. The number of aromatic nitrogens is 3. The van der Waals surface area contributed by atoms with Crippen molar-refractivity contribution in [1.29, 1.82) is 0 Å². The fourth-order valence-corrected chi connectivity index (χ4v) is 3.48. The molecule has 0 aliphatic rings. The van der Waals surface area contributed by atoms with Crippen LogP contribution in [0.15, 0.2) is 47.6 Å². The number of hydrogen-bond donors (Lipinski definition) is 0. The summed E-state index contributed by atoms with van der Waals surface area (Å²) in [4.78, 5) is 19.4. The van der Waals surface area contributed by atoms with Crippen molar-refractivity contribution in [3.8, 4) is 0 Å². The number of fused-ring (bicyclic) bond motifs is 1. The molecule has 7 heteroatoms. The van der Waals surface area contributed by atoms with E-state index in [9.17, 15) is 9.18 Å². The van der Waals surface area contributed by atoms with E-state index in [0.29, 0.717) is 23.4 Å². The van der Waals surface area contributed by atoms with Crippen LogP contribution in [0.1, 0.15) is 41.5 Å². The number of carbonyl (C=O) groups excluding carboxylic acids is 1. The molecule has 0 spiro atoms. The Bertz CT molecular complexity index is 1040. The molecule has 0 saturated heterocycles. The highest BCUT2D eigenvalue weighted by Gasteiger charge is 2.21. The number of carbonyl (C=O) groups is 1. The zero-order valence-corrected chi connectivity index (χ0v) is 17.7. The molecule has 5 nitrogen and oxygen atoms in total. The molecule has 0 unspecified atom stereocenters. The molecule has 1 amide bonds. The van der Waals surface area contributed by atoms with Crippen molar-refractivity contribution in [2.45, 2.75) is 33.4 Å². The molecule has 146 valence electrons. The summed E-state index contributed by atoms with van der Waals surface area (Å²) in [5.74, 6) is -0.572. The summed E-state index contributed by atoms with van der Waals surface area (Å²) in [6, 6.07) is 6.67. The molecule has 0 aliphatic heterocycles. The summed E-state index contributed by atoms with van der Waals surface area (Å²) in [5, 5.41) is 5.17. The van der Waals surface area contributed by atoms with Crippen LogP contribution in [0, 0.1) is 12.7 Å². The molecule has 0 aliphatic carbocycles. The molecule has 3 rings (SSSR count). The van der Waals surface area contributed by atoms with Gasteiger partial charge in [-0.1, -0.05) is 22.0 Å². The Hall–Kier alpha value is -2.54. The number of hydrogen-bond acceptors (Lipinski definition) is 3. The lowest BCUT2D eigenvalue weighted by Gasteiger charge is -2.22. The molecule has 0 bridgehead atoms. The average Bonchev–Trinajstić information content (AvgIpc) is 3.06. The van der Waals surface area contributed by atoms with Crippen molar-refractivity contribution in [3.63, 3.8) is 0 Å². The van der Waals surface area contributed by atoms with Crippen molar-refractivity contribution in [2.24, 2.45) is 0 Å². The minimum Gasteiger partial charge on any atom is -0.330 e. The fourth-order valence-electron chi connectivity index (χ4n) is 3.08. The molecule has 0 saturated carbocycles. The van der Waals surface area contributed by atoms with E-state index in [1.165, 1.54) is 6.07 Å². The third kappa shape index (κ3) is 3.99. The van der Waals surface area contributed by atoms with Gasteiger partial charge in [-0.2, -0.15) is 5.10 Å². The molecule has 0 fully saturated rings. The maximum absolute atomic E-state index is 14.2. The van der Waals surface area contributed by atoms with Crippen LogP contribution in [0.5, 0.6) is 0 Å². The highest BCUT2D eigenvalue weighted by Crippen LogP contribution is 2.22. The number of rotatable bonds is 6. The summed E-state index contributed by atoms with van der Waals surface area (Å²) in [6.45, 7) is 10.0. The van der Waals surface area contributed by atoms with Gasteiger partial charge in [0.05, 0.1) is 17.5 Å². The largest absolute Gasteiger partial charge is 0.330 e. The van der Waals surface area contributed by atoms with E-state index >= 15 is 0 Å². The van der Waals surface area contributed by atoms with Crippen LogP contribution in [-0.2, 0) is 6.54 Å². The monoisotopic (exact) mass is 444 g/mol. The van der Waals surface area contributed by atoms with Gasteiger partial charge in [-0.25, -0.2) is 14.1 Å². The van der Waals surface area contributed by atoms with Gasteiger partial charge in [0.1, 0.15) is 5.82 Å². The first-order chi connectivity index (χ1) is 13.3. The Labute approximate surface area is 172 Å². The molecule has 28 heavy (non-hydrogen) atoms. The molecule has 3 aromatic rings. The minimum absolute atomic E-state index is 0.138. The molecular weight excluding hydrogens is 423 g/mol. The lowest BCUT2D eigenvalue weighted by molar-refractivity contribution is 0.0760. The molecule has 0 atom stereocenters. The Kier molecular flexibility index (Phi) is 5.93. The van der Waals surface area contributed by atoms with Crippen molar-refractivity contribution >= 4 is 32.9 Å². The van der Waals surface area contributed by atoms with Crippen LogP contribution in [-0.4, -0.2) is 32.1 Å². The van der Waals surface area contributed by atoms with Gasteiger partial charge in [-0.15, -0.1) is 6.58 Å². The zero-order valence-electron chi connectivity index (χ0n) is 16.1. The molecule has 0 radical (unpaired) electrons. The Morgan fingerprint density at radius 3 is 2.82 bits per heavy atom. The van der Waals surface area contributed by atoms with E-state index in [2.05, 4.69) is 32.6 Å². The van der Waals surface area contributed by atoms with E-state index in [-0.39, 0.29) is 24.3 Å². The molecule has 2 aromatic heterocycles. The third-order valence-corrected chi connectivity index (χ3v) is 4.98. The highest BCUT2D eigenvalue weighted by atomic mass is 79.9. The van der Waals surface area contributed by atoms with Gasteiger partial charge in [0, 0.05) is 34.6 Å². The second-order valence-corrected chi connectivity index (χ2v) is 7.84. The van der Waals surface area contributed by atoms with Crippen LogP contribution < -0.4 is 0 Å². The van der Waals surface area contributed by atoms with Gasteiger partial charge in [-0.3, -0.25) is 4.79 Å². The third-order valence-electron chi connectivity index (χ3n) is 4.48.